The third-order valence-corrected chi connectivity index (χ3v) is 16.3. The third-order valence-electron chi connectivity index (χ3n) is 14.4. The minimum absolute atomic E-state index is 0.103. The molecule has 0 aromatic rings. The molecule has 0 aromatic carbocycles. The minimum atomic E-state index is -4.94. The second kappa shape index (κ2) is 57.2. The van der Waals surface area contributed by atoms with Gasteiger partial charge in [-0.2, -0.15) is 0 Å². The van der Waals surface area contributed by atoms with Crippen molar-refractivity contribution in [3.8, 4) is 0 Å². The Labute approximate surface area is 492 Å². The van der Waals surface area contributed by atoms with Gasteiger partial charge >= 0.3 is 39.5 Å². The average molecular weight is 1200 g/mol. The first-order valence-electron chi connectivity index (χ1n) is 32.8. The van der Waals surface area contributed by atoms with Crippen molar-refractivity contribution in [1.82, 2.24) is 0 Å². The van der Waals surface area contributed by atoms with Crippen molar-refractivity contribution in [3.05, 3.63) is 0 Å². The van der Waals surface area contributed by atoms with Gasteiger partial charge in [0.15, 0.2) is 12.2 Å². The highest BCUT2D eigenvalue weighted by Crippen LogP contribution is 2.45. The van der Waals surface area contributed by atoms with Crippen LogP contribution in [-0.4, -0.2) is 96.7 Å². The Bertz CT molecular complexity index is 1570. The van der Waals surface area contributed by atoms with Crippen molar-refractivity contribution in [1.29, 1.82) is 0 Å². The number of aliphatic hydroxyl groups excluding tert-OH is 1. The molecule has 0 aromatic heterocycles. The predicted molar refractivity (Wildman–Crippen MR) is 322 cm³/mol. The monoisotopic (exact) mass is 1200 g/mol. The van der Waals surface area contributed by atoms with Crippen molar-refractivity contribution in [2.45, 2.75) is 335 Å². The molecule has 0 fully saturated rings. The number of esters is 4. The number of rotatable bonds is 63. The van der Waals surface area contributed by atoms with Crippen molar-refractivity contribution in [3.63, 3.8) is 0 Å². The summed E-state index contributed by atoms with van der Waals surface area (Å²) in [6.07, 6.45) is 42.2. The van der Waals surface area contributed by atoms with Crippen LogP contribution in [0.4, 0.5) is 0 Å². The lowest BCUT2D eigenvalue weighted by molar-refractivity contribution is -0.161. The number of carbonyl (C=O) groups is 4. The van der Waals surface area contributed by atoms with E-state index < -0.39 is 97.5 Å². The number of hydrogen-bond acceptors (Lipinski definition) is 15. The van der Waals surface area contributed by atoms with Crippen LogP contribution >= 0.6 is 15.6 Å². The first kappa shape index (κ1) is 79.1. The van der Waals surface area contributed by atoms with Crippen LogP contribution in [-0.2, 0) is 65.4 Å². The smallest absolute Gasteiger partial charge is 0.462 e. The number of unbranched alkanes of at least 4 members (excludes halogenated alkanes) is 37. The van der Waals surface area contributed by atoms with Gasteiger partial charge < -0.3 is 33.8 Å². The predicted octanol–water partition coefficient (Wildman–Crippen LogP) is 17.2. The number of phosphoric ester groups is 2. The van der Waals surface area contributed by atoms with Crippen LogP contribution in [0.1, 0.15) is 317 Å². The summed E-state index contributed by atoms with van der Waals surface area (Å²) in [5.41, 5.74) is 0. The Kier molecular flexibility index (Phi) is 55.8. The van der Waals surface area contributed by atoms with Gasteiger partial charge in [0.05, 0.1) is 26.4 Å². The van der Waals surface area contributed by atoms with Crippen LogP contribution < -0.4 is 0 Å². The van der Waals surface area contributed by atoms with E-state index >= 15 is 0 Å². The van der Waals surface area contributed by atoms with Crippen LogP contribution in [0.15, 0.2) is 0 Å². The second-order valence-electron chi connectivity index (χ2n) is 22.4. The Hall–Kier alpha value is -1.94. The molecule has 0 aliphatic rings. The molecule has 3 N–H and O–H groups in total. The molecule has 0 rings (SSSR count). The van der Waals surface area contributed by atoms with E-state index in [1.807, 2.05) is 0 Å². The van der Waals surface area contributed by atoms with Crippen molar-refractivity contribution < 1.29 is 80.2 Å². The van der Waals surface area contributed by atoms with Gasteiger partial charge in [-0.1, -0.05) is 265 Å². The Morgan fingerprint density at radius 3 is 0.728 bits per heavy atom. The highest BCUT2D eigenvalue weighted by Gasteiger charge is 2.30. The minimum Gasteiger partial charge on any atom is -0.462 e. The van der Waals surface area contributed by atoms with E-state index in [0.29, 0.717) is 25.7 Å². The Morgan fingerprint density at radius 2 is 0.494 bits per heavy atom. The molecule has 0 aliphatic carbocycles. The summed E-state index contributed by atoms with van der Waals surface area (Å²) in [6, 6.07) is 0. The van der Waals surface area contributed by atoms with Crippen LogP contribution in [0.25, 0.3) is 0 Å². The summed E-state index contributed by atoms with van der Waals surface area (Å²) in [6.45, 7) is 4.76. The standard InChI is InChI=1S/C62H120O17P2/c1-5-9-13-17-20-22-24-26-27-28-30-32-34-37-41-45-49-62(67)79-58(53-73-60(65)47-43-39-36-33-31-29-25-23-21-18-14-10-6-2)55-77-81(70,71)75-51-56(63)50-74-80(68,69)76-54-57(52-72-59(64)46-42-38-16-12-8-4)78-61(66)48-44-40-35-19-15-11-7-3/h56-58,63H,5-55H2,1-4H3,(H,68,69)(H,70,71)/t56-,57+,58+/m0/s1. The lowest BCUT2D eigenvalue weighted by Gasteiger charge is -2.21. The molecular weight excluding hydrogens is 1080 g/mol. The van der Waals surface area contributed by atoms with Crippen molar-refractivity contribution >= 4 is 39.5 Å². The van der Waals surface area contributed by atoms with E-state index in [-0.39, 0.29) is 25.7 Å². The van der Waals surface area contributed by atoms with Gasteiger partial charge in [-0.25, -0.2) is 9.13 Å². The van der Waals surface area contributed by atoms with Gasteiger partial charge in [-0.15, -0.1) is 0 Å². The molecule has 0 amide bonds. The van der Waals surface area contributed by atoms with E-state index in [1.165, 1.54) is 128 Å². The molecule has 0 saturated heterocycles. The number of ether oxygens (including phenoxy) is 4. The van der Waals surface area contributed by atoms with Gasteiger partial charge in [0.25, 0.3) is 0 Å². The highest BCUT2D eigenvalue weighted by atomic mass is 31.2. The molecule has 2 unspecified atom stereocenters. The van der Waals surface area contributed by atoms with Gasteiger partial charge in [-0.3, -0.25) is 37.3 Å². The number of aliphatic hydroxyl groups is 1. The Morgan fingerprint density at radius 1 is 0.296 bits per heavy atom. The first-order valence-corrected chi connectivity index (χ1v) is 35.8. The zero-order chi connectivity index (χ0) is 59.8. The van der Waals surface area contributed by atoms with Crippen LogP contribution in [0.5, 0.6) is 0 Å². The van der Waals surface area contributed by atoms with Gasteiger partial charge in [0.1, 0.15) is 19.3 Å². The first-order chi connectivity index (χ1) is 39.2. The molecule has 0 aliphatic heterocycles. The zero-order valence-electron chi connectivity index (χ0n) is 51.7. The zero-order valence-corrected chi connectivity index (χ0v) is 53.5. The number of hydrogen-bond donors (Lipinski definition) is 3. The molecule has 0 bridgehead atoms. The van der Waals surface area contributed by atoms with E-state index in [1.54, 1.807) is 0 Å². The Balaban J connectivity index is 5.14. The van der Waals surface area contributed by atoms with Crippen LogP contribution in [0, 0.1) is 0 Å². The van der Waals surface area contributed by atoms with Crippen molar-refractivity contribution in [2.75, 3.05) is 39.6 Å². The fraction of sp³-hybridized carbons (Fsp3) is 0.935. The summed E-state index contributed by atoms with van der Waals surface area (Å²) >= 11 is 0. The summed E-state index contributed by atoms with van der Waals surface area (Å²) < 4.78 is 67.6. The highest BCUT2D eigenvalue weighted by molar-refractivity contribution is 7.47. The summed E-state index contributed by atoms with van der Waals surface area (Å²) in [4.78, 5) is 71.8. The molecule has 0 spiro atoms. The molecular formula is C62H120O17P2. The molecule has 0 heterocycles. The maximum absolute atomic E-state index is 13.0. The maximum Gasteiger partial charge on any atom is 0.472 e. The topological polar surface area (TPSA) is 237 Å². The maximum atomic E-state index is 13.0. The fourth-order valence-corrected chi connectivity index (χ4v) is 10.9. The molecule has 5 atom stereocenters. The quantitative estimate of drug-likeness (QED) is 0.0222. The summed E-state index contributed by atoms with van der Waals surface area (Å²) in [5, 5.41) is 10.5. The van der Waals surface area contributed by atoms with Crippen LogP contribution in [0.3, 0.4) is 0 Å². The fourth-order valence-electron chi connectivity index (χ4n) is 9.28. The van der Waals surface area contributed by atoms with Crippen molar-refractivity contribution in [2.24, 2.45) is 0 Å². The van der Waals surface area contributed by atoms with Gasteiger partial charge in [0, 0.05) is 25.7 Å². The van der Waals surface area contributed by atoms with Gasteiger partial charge in [-0.05, 0) is 25.7 Å². The molecule has 0 radical (unpaired) electrons. The summed E-state index contributed by atoms with van der Waals surface area (Å²) in [7, 11) is -9.87. The second-order valence-corrected chi connectivity index (χ2v) is 25.4. The average Bonchev–Trinajstić information content (AvgIpc) is 3.44. The number of phosphoric acid groups is 2. The molecule has 17 nitrogen and oxygen atoms in total. The lowest BCUT2D eigenvalue weighted by atomic mass is 10.0. The van der Waals surface area contributed by atoms with E-state index in [2.05, 4.69) is 27.7 Å². The molecule has 480 valence electrons. The van der Waals surface area contributed by atoms with E-state index in [0.717, 1.165) is 109 Å². The number of carbonyl (C=O) groups excluding carboxylic acids is 4. The summed E-state index contributed by atoms with van der Waals surface area (Å²) in [5.74, 6) is -2.15. The third kappa shape index (κ3) is 56.9. The SMILES string of the molecule is CCCCCCCCCCCCCCCCCCC(=O)O[C@H](COC(=O)CCCCCCCCCCCCCCC)COP(=O)(O)OC[C@@H](O)COP(=O)(O)OC[C@@H](COC(=O)CCCCCCC)OC(=O)CCCCCCCCC. The normalized spacial score (nSPS) is 14.2. The molecule has 0 saturated carbocycles. The molecule has 81 heavy (non-hydrogen) atoms. The lowest BCUT2D eigenvalue weighted by Crippen LogP contribution is -2.30. The molecule has 19 heteroatoms. The largest absolute Gasteiger partial charge is 0.472 e. The van der Waals surface area contributed by atoms with Gasteiger partial charge in [0.2, 0.25) is 0 Å². The van der Waals surface area contributed by atoms with E-state index in [4.69, 9.17) is 37.0 Å². The van der Waals surface area contributed by atoms with E-state index in [9.17, 15) is 43.2 Å². The van der Waals surface area contributed by atoms with Crippen LogP contribution in [0.2, 0.25) is 0 Å².